The summed E-state index contributed by atoms with van der Waals surface area (Å²) >= 11 is 0. The number of hydrogen-bond acceptors (Lipinski definition) is 4. The second-order valence-corrected chi connectivity index (χ2v) is 8.91. The van der Waals surface area contributed by atoms with Gasteiger partial charge >= 0.3 is 5.97 Å². The van der Waals surface area contributed by atoms with Crippen LogP contribution in [0, 0.1) is 17.7 Å². The number of fused-ring (bicyclic) bond motifs is 2. The Kier molecular flexibility index (Phi) is 7.55. The van der Waals surface area contributed by atoms with Crippen molar-refractivity contribution < 1.29 is 23.9 Å². The van der Waals surface area contributed by atoms with Crippen LogP contribution >= 0.6 is 0 Å². The minimum Gasteiger partial charge on any atom is -0.481 e. The van der Waals surface area contributed by atoms with Crippen molar-refractivity contribution in [2.45, 2.75) is 50.2 Å². The Hall–Kier alpha value is -2.99. The summed E-state index contributed by atoms with van der Waals surface area (Å²) in [5.74, 6) is -0.689. The molecule has 0 aromatic heterocycles. The maximum atomic E-state index is 13.6. The summed E-state index contributed by atoms with van der Waals surface area (Å²) in [7, 11) is 0. The fraction of sp³-hybridized carbons (Fsp3) is 0.407. The third-order valence-electron chi connectivity index (χ3n) is 6.84. The van der Waals surface area contributed by atoms with E-state index in [4.69, 9.17) is 14.7 Å². The molecule has 2 aliphatic rings. The Labute approximate surface area is 193 Å². The molecule has 2 fully saturated rings. The molecule has 1 aliphatic heterocycles. The quantitative estimate of drug-likeness (QED) is 0.212. The minimum absolute atomic E-state index is 0.0459. The molecular weight excluding hydrogens is 421 g/mol. The minimum atomic E-state index is -0.768. The lowest BCUT2D eigenvalue weighted by molar-refractivity contribution is -0.137. The van der Waals surface area contributed by atoms with E-state index in [1.54, 1.807) is 0 Å². The molecule has 1 N–H and O–H groups in total. The van der Waals surface area contributed by atoms with Gasteiger partial charge in [0.15, 0.2) is 0 Å². The van der Waals surface area contributed by atoms with Gasteiger partial charge in [0.25, 0.3) is 0 Å². The third-order valence-corrected chi connectivity index (χ3v) is 6.84. The van der Waals surface area contributed by atoms with Crippen LogP contribution in [0.15, 0.2) is 71.9 Å². The molecule has 2 aromatic carbocycles. The molecule has 33 heavy (non-hydrogen) atoms. The molecule has 2 bridgehead atoms. The number of carbonyl (C=O) groups is 1. The van der Waals surface area contributed by atoms with Gasteiger partial charge in [-0.3, -0.25) is 4.79 Å². The number of unbranched alkanes of at least 4 members (excludes halogenated alkanes) is 1. The first-order valence-corrected chi connectivity index (χ1v) is 11.5. The van der Waals surface area contributed by atoms with Gasteiger partial charge in [-0.1, -0.05) is 59.8 Å². The van der Waals surface area contributed by atoms with Gasteiger partial charge in [0.2, 0.25) is 0 Å². The summed E-state index contributed by atoms with van der Waals surface area (Å²) in [6, 6.07) is 16.7. The number of benzene rings is 2. The molecule has 1 saturated carbocycles. The topological polar surface area (TPSA) is 68.1 Å². The third kappa shape index (κ3) is 5.50. The molecule has 1 saturated heterocycles. The van der Waals surface area contributed by atoms with Crippen LogP contribution in [0.3, 0.4) is 0 Å². The number of allylic oxidation sites excluding steroid dienone is 2. The van der Waals surface area contributed by atoms with Crippen molar-refractivity contribution in [1.29, 1.82) is 0 Å². The van der Waals surface area contributed by atoms with Crippen LogP contribution in [0.25, 0.3) is 0 Å². The van der Waals surface area contributed by atoms with Gasteiger partial charge in [-0.25, -0.2) is 4.39 Å². The van der Waals surface area contributed by atoms with E-state index in [2.05, 4.69) is 17.3 Å². The molecule has 0 spiro atoms. The van der Waals surface area contributed by atoms with Gasteiger partial charge < -0.3 is 14.7 Å². The predicted molar refractivity (Wildman–Crippen MR) is 124 cm³/mol. The van der Waals surface area contributed by atoms with Gasteiger partial charge in [0, 0.05) is 24.0 Å². The van der Waals surface area contributed by atoms with E-state index >= 15 is 0 Å². The first-order chi connectivity index (χ1) is 16.1. The molecule has 6 heteroatoms. The van der Waals surface area contributed by atoms with Crippen molar-refractivity contribution in [3.05, 3.63) is 83.7 Å². The highest BCUT2D eigenvalue weighted by molar-refractivity contribution is 5.66. The maximum absolute atomic E-state index is 13.6. The molecule has 4 atom stereocenters. The van der Waals surface area contributed by atoms with Crippen LogP contribution in [-0.2, 0) is 26.4 Å². The zero-order chi connectivity index (χ0) is 23.1. The number of halogens is 1. The van der Waals surface area contributed by atoms with Crippen LogP contribution in [0.5, 0.6) is 0 Å². The molecule has 1 heterocycles. The molecule has 4 rings (SSSR count). The van der Waals surface area contributed by atoms with E-state index in [0.717, 1.165) is 30.4 Å². The van der Waals surface area contributed by atoms with Crippen LogP contribution in [0.4, 0.5) is 4.39 Å². The SMILES string of the molecule is O=C(O)CCC/C=C\C[C@H]1[C@H](C=NOCc2ccccc2)[C@@H]2C[C@@]1(c1ccc(F)cc1)CO2. The summed E-state index contributed by atoms with van der Waals surface area (Å²) in [5, 5.41) is 13.1. The highest BCUT2D eigenvalue weighted by Gasteiger charge is 2.58. The molecule has 1 aliphatic carbocycles. The molecule has 174 valence electrons. The summed E-state index contributed by atoms with van der Waals surface area (Å²) < 4.78 is 19.7. The lowest BCUT2D eigenvalue weighted by atomic mass is 9.69. The fourth-order valence-electron chi connectivity index (χ4n) is 5.18. The Bertz CT molecular complexity index is 975. The van der Waals surface area contributed by atoms with Crippen molar-refractivity contribution >= 4 is 12.2 Å². The van der Waals surface area contributed by atoms with Crippen molar-refractivity contribution in [1.82, 2.24) is 0 Å². The fourth-order valence-corrected chi connectivity index (χ4v) is 5.18. The van der Waals surface area contributed by atoms with Crippen LogP contribution < -0.4 is 0 Å². The van der Waals surface area contributed by atoms with Crippen molar-refractivity contribution in [2.24, 2.45) is 17.0 Å². The number of rotatable bonds is 11. The zero-order valence-corrected chi connectivity index (χ0v) is 18.6. The number of carboxylic acid groups (broad SMARTS) is 1. The number of carboxylic acids is 1. The molecule has 0 radical (unpaired) electrons. The van der Waals surface area contributed by atoms with Crippen molar-refractivity contribution in [2.75, 3.05) is 6.61 Å². The average Bonchev–Trinajstić information content (AvgIpc) is 3.38. The largest absolute Gasteiger partial charge is 0.481 e. The zero-order valence-electron chi connectivity index (χ0n) is 18.6. The second kappa shape index (κ2) is 10.8. The van der Waals surface area contributed by atoms with Gasteiger partial charge in [-0.2, -0.15) is 0 Å². The monoisotopic (exact) mass is 451 g/mol. The van der Waals surface area contributed by atoms with Gasteiger partial charge in [-0.15, -0.1) is 0 Å². The smallest absolute Gasteiger partial charge is 0.303 e. The molecule has 0 amide bonds. The first kappa shape index (κ1) is 23.2. The van der Waals surface area contributed by atoms with E-state index in [1.807, 2.05) is 48.7 Å². The molecule has 5 nitrogen and oxygen atoms in total. The summed E-state index contributed by atoms with van der Waals surface area (Å²) in [4.78, 5) is 16.3. The predicted octanol–water partition coefficient (Wildman–Crippen LogP) is 5.50. The van der Waals surface area contributed by atoms with E-state index in [-0.39, 0.29) is 35.6 Å². The van der Waals surface area contributed by atoms with Gasteiger partial charge in [0.1, 0.15) is 12.4 Å². The summed E-state index contributed by atoms with van der Waals surface area (Å²) in [5.41, 5.74) is 1.96. The van der Waals surface area contributed by atoms with E-state index in [9.17, 15) is 9.18 Å². The average molecular weight is 452 g/mol. The molecule has 0 unspecified atom stereocenters. The summed E-state index contributed by atoms with van der Waals surface area (Å²) in [6.07, 6.45) is 9.36. The number of aliphatic carboxylic acids is 1. The highest BCUT2D eigenvalue weighted by atomic mass is 19.1. The van der Waals surface area contributed by atoms with E-state index < -0.39 is 5.97 Å². The van der Waals surface area contributed by atoms with Gasteiger partial charge in [-0.05, 0) is 54.9 Å². The molecule has 2 aromatic rings. The highest BCUT2D eigenvalue weighted by Crippen LogP contribution is 2.56. The maximum Gasteiger partial charge on any atom is 0.303 e. The number of nitrogens with zero attached hydrogens (tertiary/aromatic N) is 1. The van der Waals surface area contributed by atoms with E-state index in [1.165, 1.54) is 12.1 Å². The van der Waals surface area contributed by atoms with Gasteiger partial charge in [0.05, 0.1) is 12.7 Å². The number of ether oxygens (including phenoxy) is 1. The van der Waals surface area contributed by atoms with Crippen LogP contribution in [0.1, 0.15) is 43.2 Å². The normalized spacial score (nSPS) is 26.4. The summed E-state index contributed by atoms with van der Waals surface area (Å²) in [6.45, 7) is 1.02. The second-order valence-electron chi connectivity index (χ2n) is 8.91. The Morgan fingerprint density at radius 2 is 1.97 bits per heavy atom. The lowest BCUT2D eigenvalue weighted by Crippen LogP contribution is -2.40. The first-order valence-electron chi connectivity index (χ1n) is 11.5. The lowest BCUT2D eigenvalue weighted by Gasteiger charge is -2.37. The number of hydrogen-bond donors (Lipinski definition) is 1. The standard InChI is InChI=1S/C27H30FNO4/c28-22-14-12-21(13-15-22)27-16-25(32-19-27)23(17-29-33-18-20-8-4-3-5-9-20)24(27)10-6-1-2-7-11-26(30)31/h1,3-6,8-9,12-15,17,23-25H,2,7,10-11,16,18-19H2,(H,30,31)/b6-1-,29-17?/t23-,24-,25-,27-/m0/s1. The Balaban J connectivity index is 1.47. The van der Waals surface area contributed by atoms with E-state index in [0.29, 0.717) is 19.6 Å². The Morgan fingerprint density at radius 3 is 2.73 bits per heavy atom. The Morgan fingerprint density at radius 1 is 1.18 bits per heavy atom. The van der Waals surface area contributed by atoms with Crippen molar-refractivity contribution in [3.63, 3.8) is 0 Å². The molecular formula is C27H30FNO4. The van der Waals surface area contributed by atoms with Crippen LogP contribution in [-0.4, -0.2) is 30.0 Å². The van der Waals surface area contributed by atoms with Crippen LogP contribution in [0.2, 0.25) is 0 Å². The van der Waals surface area contributed by atoms with Crippen molar-refractivity contribution in [3.8, 4) is 0 Å². The number of oxime groups is 1.